The average Bonchev–Trinajstić information content (AvgIpc) is 3.24. The molecule has 0 unspecified atom stereocenters. The van der Waals surface area contributed by atoms with E-state index in [4.69, 9.17) is 14.3 Å². The molecule has 106 valence electrons. The molecule has 3 aromatic rings. The van der Waals surface area contributed by atoms with Gasteiger partial charge in [0.25, 0.3) is 0 Å². The first-order valence-electron chi connectivity index (χ1n) is 6.91. The van der Waals surface area contributed by atoms with Crippen molar-refractivity contribution in [1.82, 2.24) is 9.78 Å². The molecule has 5 nitrogen and oxygen atoms in total. The van der Waals surface area contributed by atoms with Crippen LogP contribution in [-0.4, -0.2) is 23.4 Å². The maximum Gasteiger partial charge on any atom is 0.154 e. The predicted molar refractivity (Wildman–Crippen MR) is 80.0 cm³/mol. The molecular weight excluding hydrogens is 266 g/mol. The molecule has 0 amide bonds. The van der Waals surface area contributed by atoms with Gasteiger partial charge in [0, 0.05) is 12.1 Å². The highest BCUT2D eigenvalue weighted by atomic mass is 16.5. The molecule has 1 aromatic carbocycles. The molecule has 4 rings (SSSR count). The van der Waals surface area contributed by atoms with E-state index in [-0.39, 0.29) is 0 Å². The maximum atomic E-state index is 5.52. The van der Waals surface area contributed by atoms with Gasteiger partial charge in [-0.2, -0.15) is 5.10 Å². The minimum Gasteiger partial charge on any atom is -0.494 e. The van der Waals surface area contributed by atoms with Crippen LogP contribution in [0.2, 0.25) is 0 Å². The number of anilines is 1. The highest BCUT2D eigenvalue weighted by Crippen LogP contribution is 2.36. The van der Waals surface area contributed by atoms with Crippen LogP contribution in [0.25, 0.3) is 17.1 Å². The number of aromatic nitrogens is 2. The van der Waals surface area contributed by atoms with Crippen LogP contribution in [0.5, 0.6) is 5.75 Å². The van der Waals surface area contributed by atoms with E-state index in [1.807, 2.05) is 41.1 Å². The fraction of sp³-hybridized carbons (Fsp3) is 0.188. The lowest BCUT2D eigenvalue weighted by molar-refractivity contribution is 0.412. The molecule has 0 fully saturated rings. The van der Waals surface area contributed by atoms with Crippen LogP contribution in [0.15, 0.2) is 47.1 Å². The van der Waals surface area contributed by atoms with Gasteiger partial charge in [0.05, 0.1) is 13.4 Å². The second-order valence-corrected chi connectivity index (χ2v) is 4.91. The van der Waals surface area contributed by atoms with E-state index in [1.54, 1.807) is 13.4 Å². The van der Waals surface area contributed by atoms with Crippen molar-refractivity contribution >= 4 is 5.82 Å². The monoisotopic (exact) mass is 281 g/mol. The van der Waals surface area contributed by atoms with Gasteiger partial charge in [-0.25, -0.2) is 4.68 Å². The zero-order chi connectivity index (χ0) is 14.2. The summed E-state index contributed by atoms with van der Waals surface area (Å²) in [7, 11) is 1.67. The molecule has 2 aromatic heterocycles. The van der Waals surface area contributed by atoms with E-state index < -0.39 is 0 Å². The molecule has 3 heterocycles. The largest absolute Gasteiger partial charge is 0.494 e. The summed E-state index contributed by atoms with van der Waals surface area (Å²) in [6, 6.07) is 11.7. The summed E-state index contributed by atoms with van der Waals surface area (Å²) in [5.74, 6) is 2.61. The summed E-state index contributed by atoms with van der Waals surface area (Å²) < 4.78 is 12.9. The molecule has 1 N–H and O–H groups in total. The van der Waals surface area contributed by atoms with Crippen molar-refractivity contribution < 1.29 is 9.15 Å². The van der Waals surface area contributed by atoms with Crippen LogP contribution in [0.1, 0.15) is 5.56 Å². The fourth-order valence-electron chi connectivity index (χ4n) is 2.76. The number of methoxy groups -OCH3 is 1. The molecule has 0 spiro atoms. The zero-order valence-corrected chi connectivity index (χ0v) is 11.7. The molecule has 5 heteroatoms. The first-order chi connectivity index (χ1) is 10.4. The van der Waals surface area contributed by atoms with E-state index in [9.17, 15) is 0 Å². The number of benzene rings is 1. The van der Waals surface area contributed by atoms with Crippen molar-refractivity contribution in [2.75, 3.05) is 19.0 Å². The SMILES string of the molecule is COc1ccccc1-n1nc(-c2ccco2)c2c1NCC2. The smallest absolute Gasteiger partial charge is 0.154 e. The highest BCUT2D eigenvalue weighted by Gasteiger charge is 2.26. The van der Waals surface area contributed by atoms with Gasteiger partial charge >= 0.3 is 0 Å². The lowest BCUT2D eigenvalue weighted by atomic mass is 10.2. The maximum absolute atomic E-state index is 5.52. The van der Waals surface area contributed by atoms with E-state index in [0.29, 0.717) is 0 Å². The topological polar surface area (TPSA) is 52.2 Å². The molecule has 0 saturated carbocycles. The van der Waals surface area contributed by atoms with Gasteiger partial charge in [0.2, 0.25) is 0 Å². The molecule has 0 atom stereocenters. The molecule has 0 aliphatic carbocycles. The number of furan rings is 1. The first-order valence-corrected chi connectivity index (χ1v) is 6.91. The molecule has 1 aliphatic rings. The van der Waals surface area contributed by atoms with Crippen LogP contribution in [-0.2, 0) is 6.42 Å². The average molecular weight is 281 g/mol. The third-order valence-electron chi connectivity index (χ3n) is 3.72. The van der Waals surface area contributed by atoms with Crippen LogP contribution in [0.3, 0.4) is 0 Å². The standard InChI is InChI=1S/C16H15N3O2/c1-20-13-6-3-2-5-12(13)19-16-11(8-9-17-16)15(18-19)14-7-4-10-21-14/h2-7,10,17H,8-9H2,1H3. The molecule has 21 heavy (non-hydrogen) atoms. The lowest BCUT2D eigenvalue weighted by Gasteiger charge is -2.10. The number of nitrogens with one attached hydrogen (secondary N) is 1. The van der Waals surface area contributed by atoms with E-state index >= 15 is 0 Å². The Morgan fingerprint density at radius 2 is 2.14 bits per heavy atom. The Balaban J connectivity index is 1.93. The quantitative estimate of drug-likeness (QED) is 0.801. The molecule has 1 aliphatic heterocycles. The summed E-state index contributed by atoms with van der Waals surface area (Å²) in [5.41, 5.74) is 3.00. The van der Waals surface area contributed by atoms with Gasteiger partial charge in [-0.15, -0.1) is 0 Å². The Labute approximate surface area is 122 Å². The second-order valence-electron chi connectivity index (χ2n) is 4.91. The van der Waals surface area contributed by atoms with Crippen LogP contribution in [0.4, 0.5) is 5.82 Å². The van der Waals surface area contributed by atoms with Crippen LogP contribution < -0.4 is 10.1 Å². The third-order valence-corrected chi connectivity index (χ3v) is 3.72. The predicted octanol–water partition coefficient (Wildman–Crippen LogP) is 3.11. The van der Waals surface area contributed by atoms with Crippen molar-refractivity contribution in [3.8, 4) is 22.9 Å². The van der Waals surface area contributed by atoms with Crippen LogP contribution in [0, 0.1) is 0 Å². The number of nitrogens with zero attached hydrogens (tertiary/aromatic N) is 2. The van der Waals surface area contributed by atoms with Crippen molar-refractivity contribution in [2.24, 2.45) is 0 Å². The van der Waals surface area contributed by atoms with Gasteiger partial charge in [0.15, 0.2) is 5.76 Å². The second kappa shape index (κ2) is 4.70. The van der Waals surface area contributed by atoms with E-state index in [1.165, 1.54) is 5.56 Å². The number of para-hydroxylation sites is 2. The molecule has 0 saturated heterocycles. The van der Waals surface area contributed by atoms with Crippen molar-refractivity contribution in [3.63, 3.8) is 0 Å². The molecule has 0 bridgehead atoms. The lowest BCUT2D eigenvalue weighted by Crippen LogP contribution is -2.05. The summed E-state index contributed by atoms with van der Waals surface area (Å²) in [6.45, 7) is 0.913. The summed E-state index contributed by atoms with van der Waals surface area (Å²) >= 11 is 0. The Bertz CT molecular complexity index is 775. The Kier molecular flexibility index (Phi) is 2.70. The number of hydrogen-bond acceptors (Lipinski definition) is 4. The minimum absolute atomic E-state index is 0.794. The molecule has 0 radical (unpaired) electrons. The number of rotatable bonds is 3. The van der Waals surface area contributed by atoms with Crippen LogP contribution >= 0.6 is 0 Å². The number of ether oxygens (including phenoxy) is 1. The first kappa shape index (κ1) is 12.1. The van der Waals surface area contributed by atoms with Crippen molar-refractivity contribution in [1.29, 1.82) is 0 Å². The molecular formula is C16H15N3O2. The van der Waals surface area contributed by atoms with Crippen molar-refractivity contribution in [2.45, 2.75) is 6.42 Å². The third kappa shape index (κ3) is 1.81. The van der Waals surface area contributed by atoms with Gasteiger partial charge < -0.3 is 14.5 Å². The number of hydrogen-bond donors (Lipinski definition) is 1. The summed E-state index contributed by atoms with van der Waals surface area (Å²) in [5, 5.41) is 8.14. The minimum atomic E-state index is 0.794. The van der Waals surface area contributed by atoms with Gasteiger partial charge in [-0.05, 0) is 30.7 Å². The van der Waals surface area contributed by atoms with Gasteiger partial charge in [-0.1, -0.05) is 12.1 Å². The van der Waals surface area contributed by atoms with Gasteiger partial charge in [-0.3, -0.25) is 0 Å². The Morgan fingerprint density at radius 3 is 2.95 bits per heavy atom. The Morgan fingerprint density at radius 1 is 1.24 bits per heavy atom. The highest BCUT2D eigenvalue weighted by molar-refractivity contribution is 5.70. The normalized spacial score (nSPS) is 13.0. The number of fused-ring (bicyclic) bond motifs is 1. The zero-order valence-electron chi connectivity index (χ0n) is 11.7. The van der Waals surface area contributed by atoms with E-state index in [2.05, 4.69) is 5.32 Å². The Hall–Kier alpha value is -2.69. The van der Waals surface area contributed by atoms with E-state index in [0.717, 1.165) is 41.7 Å². The van der Waals surface area contributed by atoms with Crippen molar-refractivity contribution in [3.05, 3.63) is 48.2 Å². The summed E-state index contributed by atoms with van der Waals surface area (Å²) in [6.07, 6.45) is 2.62. The van der Waals surface area contributed by atoms with Gasteiger partial charge in [0.1, 0.15) is 22.9 Å². The summed E-state index contributed by atoms with van der Waals surface area (Å²) in [4.78, 5) is 0. The fourth-order valence-corrected chi connectivity index (χ4v) is 2.76.